The van der Waals surface area contributed by atoms with Crippen molar-refractivity contribution in [2.45, 2.75) is 31.6 Å². The molecule has 1 unspecified atom stereocenters. The van der Waals surface area contributed by atoms with Crippen molar-refractivity contribution in [3.63, 3.8) is 0 Å². The Morgan fingerprint density at radius 1 is 1.38 bits per heavy atom. The summed E-state index contributed by atoms with van der Waals surface area (Å²) in [5, 5.41) is 1.11. The number of anilines is 1. The number of rotatable bonds is 3. The van der Waals surface area contributed by atoms with Crippen LogP contribution in [0.2, 0.25) is 0 Å². The van der Waals surface area contributed by atoms with Gasteiger partial charge in [-0.3, -0.25) is 0 Å². The van der Waals surface area contributed by atoms with Crippen LogP contribution in [-0.2, 0) is 0 Å². The Balaban J connectivity index is 1.70. The Bertz CT molecular complexity index is 364. The molecule has 3 nitrogen and oxygen atoms in total. The van der Waals surface area contributed by atoms with Gasteiger partial charge in [-0.1, -0.05) is 0 Å². The number of nitrogens with zero attached hydrogens (tertiary/aromatic N) is 3. The summed E-state index contributed by atoms with van der Waals surface area (Å²) >= 11 is 7.50. The summed E-state index contributed by atoms with van der Waals surface area (Å²) in [5.74, 6) is 3.14. The van der Waals surface area contributed by atoms with Gasteiger partial charge in [-0.05, 0) is 31.6 Å². The zero-order chi connectivity index (χ0) is 11.0. The molecule has 5 heteroatoms. The van der Waals surface area contributed by atoms with Crippen LogP contribution < -0.4 is 4.90 Å². The molecule has 88 valence electrons. The van der Waals surface area contributed by atoms with Crippen molar-refractivity contribution in [3.8, 4) is 0 Å². The van der Waals surface area contributed by atoms with Gasteiger partial charge >= 0.3 is 0 Å². The average molecular weight is 258 g/mol. The van der Waals surface area contributed by atoms with E-state index in [0.29, 0.717) is 11.8 Å². The summed E-state index contributed by atoms with van der Waals surface area (Å²) < 4.78 is 4.46. The van der Waals surface area contributed by atoms with Crippen LogP contribution >= 0.6 is 23.1 Å². The monoisotopic (exact) mass is 257 g/mol. The molecule has 0 bridgehead atoms. The van der Waals surface area contributed by atoms with E-state index in [1.165, 1.54) is 25.7 Å². The maximum absolute atomic E-state index is 5.94. The Morgan fingerprint density at radius 2 is 2.25 bits per heavy atom. The summed E-state index contributed by atoms with van der Waals surface area (Å²) in [5.41, 5.74) is 0. The Morgan fingerprint density at radius 3 is 3.00 bits per heavy atom. The van der Waals surface area contributed by atoms with Gasteiger partial charge in [-0.25, -0.2) is 4.98 Å². The molecule has 2 aliphatic rings. The lowest BCUT2D eigenvalue weighted by Crippen LogP contribution is -2.36. The van der Waals surface area contributed by atoms with Gasteiger partial charge in [0.2, 0.25) is 5.13 Å². The minimum Gasteiger partial charge on any atom is -0.347 e. The van der Waals surface area contributed by atoms with Crippen molar-refractivity contribution in [1.29, 1.82) is 0 Å². The lowest BCUT2D eigenvalue weighted by atomic mass is 10.0. The zero-order valence-electron chi connectivity index (χ0n) is 9.23. The van der Waals surface area contributed by atoms with Gasteiger partial charge in [0.25, 0.3) is 0 Å². The predicted molar refractivity (Wildman–Crippen MR) is 67.5 cm³/mol. The van der Waals surface area contributed by atoms with E-state index in [0.717, 1.165) is 29.9 Å². The van der Waals surface area contributed by atoms with E-state index in [9.17, 15) is 0 Å². The molecule has 2 fully saturated rings. The molecule has 1 aliphatic heterocycles. The molecule has 1 saturated heterocycles. The van der Waals surface area contributed by atoms with E-state index < -0.39 is 0 Å². The molecule has 0 amide bonds. The maximum atomic E-state index is 5.94. The number of alkyl halides is 1. The summed E-state index contributed by atoms with van der Waals surface area (Å²) in [4.78, 5) is 7.02. The molecule has 1 aromatic heterocycles. The van der Waals surface area contributed by atoms with Crippen molar-refractivity contribution < 1.29 is 0 Å². The van der Waals surface area contributed by atoms with Crippen molar-refractivity contribution in [1.82, 2.24) is 9.36 Å². The molecule has 1 aliphatic carbocycles. The highest BCUT2D eigenvalue weighted by molar-refractivity contribution is 7.09. The first-order valence-electron chi connectivity index (χ1n) is 6.01. The van der Waals surface area contributed by atoms with Crippen LogP contribution in [0.4, 0.5) is 5.13 Å². The molecule has 1 atom stereocenters. The third-order valence-electron chi connectivity index (χ3n) is 3.38. The molecule has 16 heavy (non-hydrogen) atoms. The average Bonchev–Trinajstić information content (AvgIpc) is 3.07. The second-order valence-corrected chi connectivity index (χ2v) is 5.86. The van der Waals surface area contributed by atoms with Gasteiger partial charge in [0, 0.05) is 36.4 Å². The van der Waals surface area contributed by atoms with Gasteiger partial charge in [0.15, 0.2) is 0 Å². The molecule has 2 heterocycles. The van der Waals surface area contributed by atoms with E-state index in [1.807, 2.05) is 0 Å². The van der Waals surface area contributed by atoms with Crippen molar-refractivity contribution in [2.75, 3.05) is 23.9 Å². The van der Waals surface area contributed by atoms with Crippen LogP contribution in [0.5, 0.6) is 0 Å². The minimum absolute atomic E-state index is 0.628. The van der Waals surface area contributed by atoms with Crippen LogP contribution in [0.15, 0.2) is 0 Å². The first-order chi connectivity index (χ1) is 7.86. The van der Waals surface area contributed by atoms with E-state index in [1.54, 1.807) is 11.5 Å². The Hall–Kier alpha value is -0.350. The molecular weight excluding hydrogens is 242 g/mol. The predicted octanol–water partition coefficient (Wildman–Crippen LogP) is 2.87. The fourth-order valence-electron chi connectivity index (χ4n) is 2.23. The normalized spacial score (nSPS) is 26.1. The van der Waals surface area contributed by atoms with Crippen LogP contribution in [0.25, 0.3) is 0 Å². The number of aromatic nitrogens is 2. The quantitative estimate of drug-likeness (QED) is 0.780. The first kappa shape index (κ1) is 10.8. The second kappa shape index (κ2) is 4.49. The summed E-state index contributed by atoms with van der Waals surface area (Å²) in [6, 6.07) is 0. The van der Waals surface area contributed by atoms with Crippen LogP contribution in [0.3, 0.4) is 0 Å². The summed E-state index contributed by atoms with van der Waals surface area (Å²) in [7, 11) is 0. The fraction of sp³-hybridized carbons (Fsp3) is 0.818. The standard InChI is InChI=1S/C11H16ClN3S/c12-6-8-2-1-5-15(7-8)11-13-10(14-16-11)9-3-4-9/h8-9H,1-7H2. The minimum atomic E-state index is 0.628. The van der Waals surface area contributed by atoms with Gasteiger partial charge in [0.05, 0.1) is 0 Å². The third-order valence-corrected chi connectivity index (χ3v) is 4.61. The van der Waals surface area contributed by atoms with Crippen LogP contribution in [0, 0.1) is 5.92 Å². The van der Waals surface area contributed by atoms with Crippen LogP contribution in [-0.4, -0.2) is 28.3 Å². The topological polar surface area (TPSA) is 29.0 Å². The number of piperidine rings is 1. The lowest BCUT2D eigenvalue weighted by molar-refractivity contribution is 0.450. The van der Waals surface area contributed by atoms with E-state index in [4.69, 9.17) is 11.6 Å². The van der Waals surface area contributed by atoms with Crippen molar-refractivity contribution >= 4 is 28.3 Å². The third kappa shape index (κ3) is 2.18. The van der Waals surface area contributed by atoms with Gasteiger partial charge in [0.1, 0.15) is 5.82 Å². The molecular formula is C11H16ClN3S. The molecule has 3 rings (SSSR count). The number of halogens is 1. The molecule has 1 saturated carbocycles. The van der Waals surface area contributed by atoms with Gasteiger partial charge in [-0.2, -0.15) is 4.37 Å². The molecule has 0 N–H and O–H groups in total. The first-order valence-corrected chi connectivity index (χ1v) is 7.32. The number of hydrogen-bond donors (Lipinski definition) is 0. The SMILES string of the molecule is ClCC1CCCN(c2nc(C3CC3)ns2)C1. The van der Waals surface area contributed by atoms with Crippen molar-refractivity contribution in [2.24, 2.45) is 5.92 Å². The van der Waals surface area contributed by atoms with Gasteiger partial charge < -0.3 is 4.90 Å². The largest absolute Gasteiger partial charge is 0.347 e. The molecule has 1 aromatic rings. The Kier molecular flexibility index (Phi) is 3.03. The van der Waals surface area contributed by atoms with E-state index in [-0.39, 0.29) is 0 Å². The van der Waals surface area contributed by atoms with Crippen LogP contribution in [0.1, 0.15) is 37.4 Å². The fourth-order valence-corrected chi connectivity index (χ4v) is 3.26. The zero-order valence-corrected chi connectivity index (χ0v) is 10.8. The highest BCUT2D eigenvalue weighted by Crippen LogP contribution is 2.40. The summed E-state index contributed by atoms with van der Waals surface area (Å²) in [6.07, 6.45) is 5.05. The summed E-state index contributed by atoms with van der Waals surface area (Å²) in [6.45, 7) is 2.18. The Labute approximate surface area is 105 Å². The smallest absolute Gasteiger partial charge is 0.205 e. The highest BCUT2D eigenvalue weighted by Gasteiger charge is 2.29. The molecule has 0 spiro atoms. The van der Waals surface area contributed by atoms with E-state index in [2.05, 4.69) is 14.3 Å². The number of hydrogen-bond acceptors (Lipinski definition) is 4. The van der Waals surface area contributed by atoms with Gasteiger partial charge in [-0.15, -0.1) is 11.6 Å². The van der Waals surface area contributed by atoms with Crippen molar-refractivity contribution in [3.05, 3.63) is 5.82 Å². The second-order valence-electron chi connectivity index (χ2n) is 4.82. The highest BCUT2D eigenvalue weighted by atomic mass is 35.5. The molecule has 0 radical (unpaired) electrons. The molecule has 0 aromatic carbocycles. The maximum Gasteiger partial charge on any atom is 0.205 e. The lowest BCUT2D eigenvalue weighted by Gasteiger charge is -2.31. The van der Waals surface area contributed by atoms with E-state index >= 15 is 0 Å².